The lowest BCUT2D eigenvalue weighted by molar-refractivity contribution is -0.0686. The molecular formula is C19H23ClN6O2. The van der Waals surface area contributed by atoms with Gasteiger partial charge in [-0.15, -0.1) is 0 Å². The molecule has 1 amide bonds. The zero-order chi connectivity index (χ0) is 19.8. The van der Waals surface area contributed by atoms with Crippen molar-refractivity contribution in [1.29, 1.82) is 0 Å². The van der Waals surface area contributed by atoms with Crippen molar-refractivity contribution >= 4 is 23.2 Å². The molecule has 0 aliphatic carbocycles. The highest BCUT2D eigenvalue weighted by Crippen LogP contribution is 2.31. The standard InChI is InChI=1S/C19H23ClN6O2/c1-23(2)12-16-18(13-8-21-24(3)9-13)26(6-7-28-16)19(27)15-11-25-10-14(20)4-5-17(25)22-15/h4-5,8-11,16,18H,6-7,12H2,1-3H3/t16-,18-/m0/s1. The number of hydrogen-bond donors (Lipinski definition) is 0. The van der Waals surface area contributed by atoms with Gasteiger partial charge in [0.05, 0.1) is 30.0 Å². The van der Waals surface area contributed by atoms with Crippen LogP contribution < -0.4 is 0 Å². The molecule has 4 heterocycles. The van der Waals surface area contributed by atoms with E-state index in [1.165, 1.54) is 0 Å². The number of fused-ring (bicyclic) bond motifs is 1. The SMILES string of the molecule is CN(C)C[C@@H]1OCCN(C(=O)c2cn3cc(Cl)ccc3n2)[C@H]1c1cnn(C)c1. The Bertz CT molecular complexity index is 997. The second kappa shape index (κ2) is 7.54. The van der Waals surface area contributed by atoms with Crippen molar-refractivity contribution in [2.75, 3.05) is 33.8 Å². The van der Waals surface area contributed by atoms with E-state index in [0.29, 0.717) is 36.1 Å². The van der Waals surface area contributed by atoms with Crippen LogP contribution >= 0.6 is 11.6 Å². The highest BCUT2D eigenvalue weighted by molar-refractivity contribution is 6.30. The molecule has 9 heteroatoms. The molecule has 1 aliphatic rings. The second-order valence-corrected chi connectivity index (χ2v) is 7.74. The van der Waals surface area contributed by atoms with Gasteiger partial charge < -0.3 is 18.9 Å². The molecule has 0 saturated carbocycles. The molecule has 2 atom stereocenters. The quantitative estimate of drug-likeness (QED) is 0.666. The second-order valence-electron chi connectivity index (χ2n) is 7.30. The van der Waals surface area contributed by atoms with Gasteiger partial charge in [0, 0.05) is 44.3 Å². The summed E-state index contributed by atoms with van der Waals surface area (Å²) in [6.07, 6.45) is 7.05. The lowest BCUT2D eigenvalue weighted by atomic mass is 10.00. The molecule has 1 fully saturated rings. The molecule has 148 valence electrons. The number of imidazole rings is 1. The average Bonchev–Trinajstić information content (AvgIpc) is 3.26. The predicted molar refractivity (Wildman–Crippen MR) is 105 cm³/mol. The van der Waals surface area contributed by atoms with Gasteiger partial charge in [-0.1, -0.05) is 11.6 Å². The first kappa shape index (κ1) is 18.9. The van der Waals surface area contributed by atoms with E-state index in [-0.39, 0.29) is 18.1 Å². The van der Waals surface area contributed by atoms with Crippen molar-refractivity contribution in [3.8, 4) is 0 Å². The molecule has 4 rings (SSSR count). The number of rotatable bonds is 4. The summed E-state index contributed by atoms with van der Waals surface area (Å²) in [4.78, 5) is 21.8. The summed E-state index contributed by atoms with van der Waals surface area (Å²) in [5.41, 5.74) is 2.03. The van der Waals surface area contributed by atoms with Gasteiger partial charge in [-0.2, -0.15) is 5.10 Å². The normalized spacial score (nSPS) is 20.2. The minimum Gasteiger partial charge on any atom is -0.373 e. The van der Waals surface area contributed by atoms with Crippen LogP contribution in [-0.4, -0.2) is 74.8 Å². The number of carbonyl (C=O) groups excluding carboxylic acids is 1. The smallest absolute Gasteiger partial charge is 0.274 e. The average molecular weight is 403 g/mol. The van der Waals surface area contributed by atoms with E-state index in [1.54, 1.807) is 39.8 Å². The van der Waals surface area contributed by atoms with Gasteiger partial charge >= 0.3 is 0 Å². The Hall–Kier alpha value is -2.42. The zero-order valence-electron chi connectivity index (χ0n) is 16.1. The number of pyridine rings is 1. The van der Waals surface area contributed by atoms with Crippen molar-refractivity contribution in [2.24, 2.45) is 7.05 Å². The number of ether oxygens (including phenoxy) is 1. The van der Waals surface area contributed by atoms with Gasteiger partial charge in [-0.05, 0) is 26.2 Å². The summed E-state index contributed by atoms with van der Waals surface area (Å²) < 4.78 is 9.55. The van der Waals surface area contributed by atoms with Gasteiger partial charge in [0.1, 0.15) is 11.3 Å². The van der Waals surface area contributed by atoms with Crippen LogP contribution in [0, 0.1) is 0 Å². The van der Waals surface area contributed by atoms with E-state index in [9.17, 15) is 4.79 Å². The summed E-state index contributed by atoms with van der Waals surface area (Å²) in [6.45, 7) is 1.68. The van der Waals surface area contributed by atoms with Crippen LogP contribution in [0.15, 0.2) is 36.9 Å². The Morgan fingerprint density at radius 1 is 1.32 bits per heavy atom. The Morgan fingerprint density at radius 2 is 2.14 bits per heavy atom. The summed E-state index contributed by atoms with van der Waals surface area (Å²) in [5.74, 6) is -0.124. The van der Waals surface area contributed by atoms with Crippen molar-refractivity contribution in [2.45, 2.75) is 12.1 Å². The molecule has 3 aromatic heterocycles. The molecule has 0 radical (unpaired) electrons. The number of aryl methyl sites for hydroxylation is 1. The number of likely N-dealkylation sites (N-methyl/N-ethyl adjacent to an activating group) is 1. The number of aromatic nitrogens is 4. The third-order valence-electron chi connectivity index (χ3n) is 4.86. The first-order valence-corrected chi connectivity index (χ1v) is 9.50. The fraction of sp³-hybridized carbons (Fsp3) is 0.421. The largest absolute Gasteiger partial charge is 0.373 e. The Balaban J connectivity index is 1.70. The molecule has 0 spiro atoms. The first-order chi connectivity index (χ1) is 13.4. The highest BCUT2D eigenvalue weighted by Gasteiger charge is 2.38. The van der Waals surface area contributed by atoms with Crippen molar-refractivity contribution in [3.63, 3.8) is 0 Å². The number of carbonyl (C=O) groups is 1. The fourth-order valence-corrected chi connectivity index (χ4v) is 3.84. The van der Waals surface area contributed by atoms with E-state index in [1.807, 2.05) is 32.2 Å². The van der Waals surface area contributed by atoms with Crippen LogP contribution in [0.3, 0.4) is 0 Å². The van der Waals surface area contributed by atoms with Gasteiger partial charge in [0.25, 0.3) is 5.91 Å². The number of amides is 1. The minimum atomic E-state index is -0.231. The van der Waals surface area contributed by atoms with Gasteiger partial charge in [-0.3, -0.25) is 9.48 Å². The molecule has 0 unspecified atom stereocenters. The van der Waals surface area contributed by atoms with Crippen LogP contribution in [0.25, 0.3) is 5.65 Å². The maximum absolute atomic E-state index is 13.4. The van der Waals surface area contributed by atoms with Gasteiger partial charge in [0.15, 0.2) is 0 Å². The Labute approximate surface area is 168 Å². The first-order valence-electron chi connectivity index (χ1n) is 9.12. The van der Waals surface area contributed by atoms with Crippen molar-refractivity contribution in [3.05, 3.63) is 53.2 Å². The maximum Gasteiger partial charge on any atom is 0.274 e. The van der Waals surface area contributed by atoms with Gasteiger partial charge in [-0.25, -0.2) is 4.98 Å². The van der Waals surface area contributed by atoms with Crippen LogP contribution in [-0.2, 0) is 11.8 Å². The van der Waals surface area contributed by atoms with E-state index in [4.69, 9.17) is 16.3 Å². The highest BCUT2D eigenvalue weighted by atomic mass is 35.5. The molecular weight excluding hydrogens is 380 g/mol. The number of hydrogen-bond acceptors (Lipinski definition) is 5. The molecule has 0 N–H and O–H groups in total. The van der Waals surface area contributed by atoms with E-state index in [0.717, 1.165) is 5.56 Å². The fourth-order valence-electron chi connectivity index (χ4n) is 3.68. The predicted octanol–water partition coefficient (Wildman–Crippen LogP) is 1.87. The summed E-state index contributed by atoms with van der Waals surface area (Å²) in [7, 11) is 5.86. The topological polar surface area (TPSA) is 67.9 Å². The minimum absolute atomic E-state index is 0.124. The zero-order valence-corrected chi connectivity index (χ0v) is 16.9. The van der Waals surface area contributed by atoms with E-state index in [2.05, 4.69) is 15.0 Å². The van der Waals surface area contributed by atoms with E-state index < -0.39 is 0 Å². The van der Waals surface area contributed by atoms with Crippen molar-refractivity contribution in [1.82, 2.24) is 29.0 Å². The van der Waals surface area contributed by atoms with Crippen LogP contribution in [0.2, 0.25) is 5.02 Å². The molecule has 8 nitrogen and oxygen atoms in total. The van der Waals surface area contributed by atoms with Crippen LogP contribution in [0.1, 0.15) is 22.1 Å². The number of nitrogens with zero attached hydrogens (tertiary/aromatic N) is 6. The number of halogens is 1. The summed E-state index contributed by atoms with van der Waals surface area (Å²) >= 11 is 6.05. The Kier molecular flexibility index (Phi) is 5.09. The summed E-state index contributed by atoms with van der Waals surface area (Å²) in [6, 6.07) is 3.33. The monoisotopic (exact) mass is 402 g/mol. The molecule has 0 aromatic carbocycles. The molecule has 0 bridgehead atoms. The third-order valence-corrected chi connectivity index (χ3v) is 5.08. The van der Waals surface area contributed by atoms with Crippen LogP contribution in [0.4, 0.5) is 0 Å². The summed E-state index contributed by atoms with van der Waals surface area (Å²) in [5, 5.41) is 4.88. The molecule has 1 aliphatic heterocycles. The lowest BCUT2D eigenvalue weighted by Crippen LogP contribution is -2.51. The van der Waals surface area contributed by atoms with E-state index >= 15 is 0 Å². The molecule has 1 saturated heterocycles. The van der Waals surface area contributed by atoms with Crippen molar-refractivity contribution < 1.29 is 9.53 Å². The maximum atomic E-state index is 13.4. The number of morpholine rings is 1. The molecule has 3 aromatic rings. The lowest BCUT2D eigenvalue weighted by Gasteiger charge is -2.41. The third kappa shape index (κ3) is 3.63. The molecule has 28 heavy (non-hydrogen) atoms. The Morgan fingerprint density at radius 3 is 2.86 bits per heavy atom. The van der Waals surface area contributed by atoms with Crippen LogP contribution in [0.5, 0.6) is 0 Å². The van der Waals surface area contributed by atoms with Gasteiger partial charge in [0.2, 0.25) is 0 Å².